The van der Waals surface area contributed by atoms with Crippen LogP contribution in [-0.2, 0) is 0 Å². The SMILES string of the molecule is CNCC(=O)c1cc2c(cc1Br)OCC(C)(C)CO2. The van der Waals surface area contributed by atoms with E-state index < -0.39 is 0 Å². The number of fused-ring (bicyclic) bond motifs is 1. The molecule has 0 bridgehead atoms. The molecule has 1 N–H and O–H groups in total. The third-order valence-corrected chi connectivity index (χ3v) is 3.56. The molecular formula is C14H18BrNO3. The Bertz CT molecular complexity index is 500. The molecular weight excluding hydrogens is 310 g/mol. The third-order valence-electron chi connectivity index (χ3n) is 2.91. The molecule has 5 heteroatoms. The van der Waals surface area contributed by atoms with Crippen molar-refractivity contribution in [2.45, 2.75) is 13.8 Å². The van der Waals surface area contributed by atoms with E-state index in [0.717, 1.165) is 4.47 Å². The van der Waals surface area contributed by atoms with E-state index in [4.69, 9.17) is 9.47 Å². The number of ketones is 1. The maximum absolute atomic E-state index is 12.0. The number of ether oxygens (including phenoxy) is 2. The lowest BCUT2D eigenvalue weighted by atomic mass is 9.97. The van der Waals surface area contributed by atoms with E-state index in [1.54, 1.807) is 19.2 Å². The molecule has 0 aromatic heterocycles. The number of hydrogen-bond acceptors (Lipinski definition) is 4. The molecule has 0 saturated heterocycles. The largest absolute Gasteiger partial charge is 0.489 e. The fourth-order valence-corrected chi connectivity index (χ4v) is 2.36. The molecule has 0 unspecified atom stereocenters. The van der Waals surface area contributed by atoms with Crippen molar-refractivity contribution < 1.29 is 14.3 Å². The minimum Gasteiger partial charge on any atom is -0.489 e. The molecule has 1 aliphatic rings. The van der Waals surface area contributed by atoms with Gasteiger partial charge in [0.2, 0.25) is 0 Å². The van der Waals surface area contributed by atoms with Crippen LogP contribution >= 0.6 is 15.9 Å². The van der Waals surface area contributed by atoms with Gasteiger partial charge in [-0.3, -0.25) is 4.79 Å². The first kappa shape index (κ1) is 14.3. The molecule has 19 heavy (non-hydrogen) atoms. The molecule has 2 rings (SSSR count). The molecule has 0 spiro atoms. The maximum Gasteiger partial charge on any atom is 0.177 e. The highest BCUT2D eigenvalue weighted by atomic mass is 79.9. The van der Waals surface area contributed by atoms with Gasteiger partial charge in [0.05, 0.1) is 19.8 Å². The molecule has 1 aliphatic heterocycles. The number of halogens is 1. The van der Waals surface area contributed by atoms with Crippen molar-refractivity contribution in [3.8, 4) is 11.5 Å². The third kappa shape index (κ3) is 3.28. The Hall–Kier alpha value is -1.07. The molecule has 0 saturated carbocycles. The Labute approximate surface area is 121 Å². The highest BCUT2D eigenvalue weighted by Crippen LogP contribution is 2.37. The Kier molecular flexibility index (Phi) is 4.16. The van der Waals surface area contributed by atoms with Crippen LogP contribution in [0.25, 0.3) is 0 Å². The fourth-order valence-electron chi connectivity index (χ4n) is 1.82. The van der Waals surface area contributed by atoms with Crippen LogP contribution < -0.4 is 14.8 Å². The van der Waals surface area contributed by atoms with E-state index in [1.807, 2.05) is 0 Å². The number of carbonyl (C=O) groups excluding carboxylic acids is 1. The predicted octanol–water partition coefficient (Wildman–Crippen LogP) is 2.65. The second kappa shape index (κ2) is 5.51. The molecule has 1 heterocycles. The second-order valence-electron chi connectivity index (χ2n) is 5.47. The van der Waals surface area contributed by atoms with Gasteiger partial charge in [0.15, 0.2) is 17.3 Å². The van der Waals surface area contributed by atoms with Crippen LogP contribution in [0.3, 0.4) is 0 Å². The fraction of sp³-hybridized carbons (Fsp3) is 0.500. The smallest absolute Gasteiger partial charge is 0.177 e. The lowest BCUT2D eigenvalue weighted by Crippen LogP contribution is -2.26. The number of Topliss-reactive ketones (excluding diaryl/α,β-unsaturated/α-hetero) is 1. The van der Waals surface area contributed by atoms with Crippen LogP contribution in [0.5, 0.6) is 11.5 Å². The number of nitrogens with one attached hydrogen (secondary N) is 1. The van der Waals surface area contributed by atoms with Crippen LogP contribution in [0.2, 0.25) is 0 Å². The van der Waals surface area contributed by atoms with Crippen molar-refractivity contribution in [2.75, 3.05) is 26.8 Å². The monoisotopic (exact) mass is 327 g/mol. The summed E-state index contributed by atoms with van der Waals surface area (Å²) in [6.07, 6.45) is 0. The van der Waals surface area contributed by atoms with Crippen molar-refractivity contribution in [2.24, 2.45) is 5.41 Å². The van der Waals surface area contributed by atoms with Gasteiger partial charge in [-0.1, -0.05) is 13.8 Å². The van der Waals surface area contributed by atoms with Crippen molar-refractivity contribution in [3.63, 3.8) is 0 Å². The minimum absolute atomic E-state index is 0.0179. The number of carbonyl (C=O) groups is 1. The van der Waals surface area contributed by atoms with Crippen molar-refractivity contribution in [1.82, 2.24) is 5.32 Å². The van der Waals surface area contributed by atoms with Crippen LogP contribution in [0.4, 0.5) is 0 Å². The van der Waals surface area contributed by atoms with Gasteiger partial charge in [0, 0.05) is 15.5 Å². The van der Waals surface area contributed by atoms with Crippen molar-refractivity contribution >= 4 is 21.7 Å². The molecule has 4 nitrogen and oxygen atoms in total. The summed E-state index contributed by atoms with van der Waals surface area (Å²) >= 11 is 3.42. The van der Waals surface area contributed by atoms with Crippen LogP contribution in [0.15, 0.2) is 16.6 Å². The van der Waals surface area contributed by atoms with Gasteiger partial charge in [-0.05, 0) is 35.1 Å². The first-order valence-electron chi connectivity index (χ1n) is 6.20. The van der Waals surface area contributed by atoms with Gasteiger partial charge in [0.25, 0.3) is 0 Å². The zero-order valence-electron chi connectivity index (χ0n) is 11.4. The number of likely N-dealkylation sites (N-methyl/N-ethyl adjacent to an activating group) is 1. The summed E-state index contributed by atoms with van der Waals surface area (Å²) < 4.78 is 12.3. The number of benzene rings is 1. The Morgan fingerprint density at radius 2 is 1.89 bits per heavy atom. The average molecular weight is 328 g/mol. The zero-order valence-corrected chi connectivity index (χ0v) is 13.0. The average Bonchev–Trinajstić information content (AvgIpc) is 2.48. The molecule has 1 aromatic rings. The molecule has 0 atom stereocenters. The Balaban J connectivity index is 2.33. The lowest BCUT2D eigenvalue weighted by Gasteiger charge is -2.19. The molecule has 0 radical (unpaired) electrons. The van der Waals surface area contributed by atoms with E-state index in [1.165, 1.54) is 0 Å². The molecule has 1 aromatic carbocycles. The van der Waals surface area contributed by atoms with Crippen molar-refractivity contribution in [1.29, 1.82) is 0 Å². The summed E-state index contributed by atoms with van der Waals surface area (Å²) in [6, 6.07) is 3.56. The minimum atomic E-state index is -0.0410. The maximum atomic E-state index is 12.0. The second-order valence-corrected chi connectivity index (χ2v) is 6.33. The van der Waals surface area contributed by atoms with Gasteiger partial charge < -0.3 is 14.8 Å². The number of hydrogen-bond donors (Lipinski definition) is 1. The predicted molar refractivity (Wildman–Crippen MR) is 77.2 cm³/mol. The zero-order chi connectivity index (χ0) is 14.0. The normalized spacial score (nSPS) is 16.8. The van der Waals surface area contributed by atoms with E-state index in [-0.39, 0.29) is 11.2 Å². The van der Waals surface area contributed by atoms with E-state index in [0.29, 0.717) is 36.8 Å². The van der Waals surface area contributed by atoms with E-state index in [9.17, 15) is 4.79 Å². The topological polar surface area (TPSA) is 47.6 Å². The van der Waals surface area contributed by atoms with Gasteiger partial charge in [-0.2, -0.15) is 0 Å². The van der Waals surface area contributed by atoms with E-state index >= 15 is 0 Å². The summed E-state index contributed by atoms with van der Waals surface area (Å²) in [7, 11) is 1.75. The van der Waals surface area contributed by atoms with Crippen LogP contribution in [-0.4, -0.2) is 32.6 Å². The van der Waals surface area contributed by atoms with Crippen LogP contribution in [0, 0.1) is 5.41 Å². The standard InChI is InChI=1S/C14H18BrNO3/c1-14(2)7-18-12-4-9(11(17)6-16-3)10(15)5-13(12)19-8-14/h4-5,16H,6-8H2,1-3H3. The summed E-state index contributed by atoms with van der Waals surface area (Å²) in [5.74, 6) is 1.33. The summed E-state index contributed by atoms with van der Waals surface area (Å²) in [5, 5.41) is 2.86. The highest BCUT2D eigenvalue weighted by Gasteiger charge is 2.26. The lowest BCUT2D eigenvalue weighted by molar-refractivity contribution is 0.0992. The van der Waals surface area contributed by atoms with E-state index in [2.05, 4.69) is 35.1 Å². The summed E-state index contributed by atoms with van der Waals surface area (Å²) in [4.78, 5) is 12.0. The first-order chi connectivity index (χ1) is 8.93. The molecule has 0 fully saturated rings. The van der Waals surface area contributed by atoms with Crippen molar-refractivity contribution in [3.05, 3.63) is 22.2 Å². The first-order valence-corrected chi connectivity index (χ1v) is 6.99. The molecule has 0 aliphatic carbocycles. The van der Waals surface area contributed by atoms with Gasteiger partial charge in [0.1, 0.15) is 0 Å². The Morgan fingerprint density at radius 3 is 2.47 bits per heavy atom. The summed E-state index contributed by atoms with van der Waals surface area (Å²) in [6.45, 7) is 5.63. The quantitative estimate of drug-likeness (QED) is 0.867. The van der Waals surface area contributed by atoms with Gasteiger partial charge >= 0.3 is 0 Å². The molecule has 104 valence electrons. The molecule has 0 amide bonds. The van der Waals surface area contributed by atoms with Gasteiger partial charge in [-0.25, -0.2) is 0 Å². The van der Waals surface area contributed by atoms with Crippen LogP contribution in [0.1, 0.15) is 24.2 Å². The summed E-state index contributed by atoms with van der Waals surface area (Å²) in [5.41, 5.74) is 0.567. The van der Waals surface area contributed by atoms with Gasteiger partial charge in [-0.15, -0.1) is 0 Å². The highest BCUT2D eigenvalue weighted by molar-refractivity contribution is 9.10. The Morgan fingerprint density at radius 1 is 1.32 bits per heavy atom. The number of rotatable bonds is 3.